The number of benzene rings is 3. The lowest BCUT2D eigenvalue weighted by molar-refractivity contribution is -0.139. The van der Waals surface area contributed by atoms with Gasteiger partial charge in [0.15, 0.2) is 11.5 Å². The standard InChI is InChI=1S/C31H39N3O7S/c1-6-7-19-32-31(36)23(2)33(21-24-13-15-26(39-3)16-14-24)30(35)22-34(25-11-9-8-10-12-25)42(37,38)27-17-18-28(40-4)29(20-27)41-5/h8-18,20,23H,6-7,19,21-22H2,1-5H3,(H,32,36). The molecule has 0 saturated carbocycles. The summed E-state index contributed by atoms with van der Waals surface area (Å²) in [6, 6.07) is 18.9. The number of carbonyl (C=O) groups is 2. The molecule has 1 atom stereocenters. The molecule has 1 N–H and O–H groups in total. The normalized spacial score (nSPS) is 11.7. The Bertz CT molecular complexity index is 1430. The first-order valence-electron chi connectivity index (χ1n) is 13.7. The number of methoxy groups -OCH3 is 3. The highest BCUT2D eigenvalue weighted by Crippen LogP contribution is 2.32. The van der Waals surface area contributed by atoms with Crippen LogP contribution in [0.15, 0.2) is 77.7 Å². The summed E-state index contributed by atoms with van der Waals surface area (Å²) in [6.07, 6.45) is 1.71. The Morgan fingerprint density at radius 1 is 0.881 bits per heavy atom. The number of hydrogen-bond acceptors (Lipinski definition) is 7. The number of sulfonamides is 1. The van der Waals surface area contributed by atoms with Gasteiger partial charge in [0.05, 0.1) is 31.9 Å². The van der Waals surface area contributed by atoms with Gasteiger partial charge in [-0.3, -0.25) is 13.9 Å². The van der Waals surface area contributed by atoms with Crippen LogP contribution >= 0.6 is 0 Å². The Labute approximate surface area is 248 Å². The van der Waals surface area contributed by atoms with Crippen molar-refractivity contribution in [2.45, 2.75) is 44.2 Å². The van der Waals surface area contributed by atoms with E-state index in [1.54, 1.807) is 68.6 Å². The highest BCUT2D eigenvalue weighted by Gasteiger charge is 2.33. The largest absolute Gasteiger partial charge is 0.497 e. The molecule has 0 aliphatic carbocycles. The Kier molecular flexibility index (Phi) is 11.6. The predicted octanol–water partition coefficient (Wildman–Crippen LogP) is 4.24. The molecule has 3 rings (SSSR count). The molecule has 42 heavy (non-hydrogen) atoms. The zero-order chi connectivity index (χ0) is 30.7. The van der Waals surface area contributed by atoms with Crippen molar-refractivity contribution < 1.29 is 32.2 Å². The van der Waals surface area contributed by atoms with E-state index in [9.17, 15) is 18.0 Å². The van der Waals surface area contributed by atoms with Gasteiger partial charge in [0.1, 0.15) is 18.3 Å². The number of nitrogens with one attached hydrogen (secondary N) is 1. The van der Waals surface area contributed by atoms with Crippen molar-refractivity contribution in [3.05, 3.63) is 78.4 Å². The Hall–Kier alpha value is -4.25. The number of nitrogens with zero attached hydrogens (tertiary/aromatic N) is 2. The zero-order valence-electron chi connectivity index (χ0n) is 24.7. The minimum absolute atomic E-state index is 0.0798. The summed E-state index contributed by atoms with van der Waals surface area (Å²) in [5, 5.41) is 2.88. The second kappa shape index (κ2) is 15.1. The van der Waals surface area contributed by atoms with Crippen molar-refractivity contribution >= 4 is 27.5 Å². The van der Waals surface area contributed by atoms with E-state index >= 15 is 0 Å². The van der Waals surface area contributed by atoms with Gasteiger partial charge in [0.25, 0.3) is 10.0 Å². The van der Waals surface area contributed by atoms with Crippen LogP contribution < -0.4 is 23.8 Å². The molecular weight excluding hydrogens is 558 g/mol. The van der Waals surface area contributed by atoms with E-state index in [4.69, 9.17) is 14.2 Å². The van der Waals surface area contributed by atoms with Gasteiger partial charge in [0.2, 0.25) is 11.8 Å². The first-order valence-corrected chi connectivity index (χ1v) is 15.1. The van der Waals surface area contributed by atoms with Gasteiger partial charge >= 0.3 is 0 Å². The van der Waals surface area contributed by atoms with Crippen LogP contribution in [0.3, 0.4) is 0 Å². The zero-order valence-corrected chi connectivity index (χ0v) is 25.5. The summed E-state index contributed by atoms with van der Waals surface area (Å²) in [7, 11) is 0.177. The van der Waals surface area contributed by atoms with E-state index in [0.29, 0.717) is 23.7 Å². The number of anilines is 1. The van der Waals surface area contributed by atoms with Gasteiger partial charge in [-0.25, -0.2) is 8.42 Å². The highest BCUT2D eigenvalue weighted by atomic mass is 32.2. The van der Waals surface area contributed by atoms with Crippen molar-refractivity contribution in [3.8, 4) is 17.2 Å². The molecule has 0 heterocycles. The van der Waals surface area contributed by atoms with Crippen molar-refractivity contribution in [1.29, 1.82) is 0 Å². The molecule has 0 saturated heterocycles. The fourth-order valence-corrected chi connectivity index (χ4v) is 5.70. The van der Waals surface area contributed by atoms with E-state index in [1.807, 2.05) is 6.92 Å². The number of unbranched alkanes of at least 4 members (excludes halogenated alkanes) is 1. The SMILES string of the molecule is CCCCNC(=O)C(C)N(Cc1ccc(OC)cc1)C(=O)CN(c1ccccc1)S(=O)(=O)c1ccc(OC)c(OC)c1. The first-order chi connectivity index (χ1) is 20.2. The van der Waals surface area contributed by atoms with Gasteiger partial charge in [-0.05, 0) is 55.3 Å². The summed E-state index contributed by atoms with van der Waals surface area (Å²) in [4.78, 5) is 28.4. The van der Waals surface area contributed by atoms with Crippen molar-refractivity contribution in [1.82, 2.24) is 10.2 Å². The topological polar surface area (TPSA) is 114 Å². The maximum Gasteiger partial charge on any atom is 0.264 e. The third-order valence-corrected chi connectivity index (χ3v) is 8.54. The van der Waals surface area contributed by atoms with E-state index in [2.05, 4.69) is 5.32 Å². The van der Waals surface area contributed by atoms with Crippen LogP contribution in [0.5, 0.6) is 17.2 Å². The molecule has 11 heteroatoms. The number of amides is 2. The molecule has 0 bridgehead atoms. The lowest BCUT2D eigenvalue weighted by Crippen LogP contribution is -2.51. The number of hydrogen-bond donors (Lipinski definition) is 1. The molecule has 0 spiro atoms. The van der Waals surface area contributed by atoms with Crippen LogP contribution in [0.2, 0.25) is 0 Å². The monoisotopic (exact) mass is 597 g/mol. The number of para-hydroxylation sites is 1. The second-order valence-corrected chi connectivity index (χ2v) is 11.4. The van der Waals surface area contributed by atoms with Crippen LogP contribution in [-0.2, 0) is 26.2 Å². The average molecular weight is 598 g/mol. The van der Waals surface area contributed by atoms with Gasteiger partial charge in [-0.1, -0.05) is 43.7 Å². The van der Waals surface area contributed by atoms with Crippen LogP contribution in [0.1, 0.15) is 32.3 Å². The van der Waals surface area contributed by atoms with Gasteiger partial charge in [-0.2, -0.15) is 0 Å². The molecule has 0 aromatic heterocycles. The summed E-state index contributed by atoms with van der Waals surface area (Å²) in [5.41, 5.74) is 1.05. The second-order valence-electron chi connectivity index (χ2n) is 9.55. The van der Waals surface area contributed by atoms with Crippen LogP contribution in [0.4, 0.5) is 5.69 Å². The van der Waals surface area contributed by atoms with Crippen LogP contribution in [0.25, 0.3) is 0 Å². The molecule has 1 unspecified atom stereocenters. The molecule has 0 aliphatic heterocycles. The van der Waals surface area contributed by atoms with Gasteiger partial charge in [0, 0.05) is 19.2 Å². The van der Waals surface area contributed by atoms with Gasteiger partial charge in [-0.15, -0.1) is 0 Å². The number of rotatable bonds is 15. The third-order valence-electron chi connectivity index (χ3n) is 6.77. The van der Waals surface area contributed by atoms with Crippen molar-refractivity contribution in [2.75, 3.05) is 38.7 Å². The lowest BCUT2D eigenvalue weighted by Gasteiger charge is -2.32. The molecule has 10 nitrogen and oxygen atoms in total. The van der Waals surface area contributed by atoms with E-state index in [1.165, 1.54) is 37.3 Å². The molecule has 3 aromatic carbocycles. The summed E-state index contributed by atoms with van der Waals surface area (Å²) in [6.45, 7) is 3.69. The average Bonchev–Trinajstić information content (AvgIpc) is 3.02. The van der Waals surface area contributed by atoms with Crippen LogP contribution in [0, 0.1) is 0 Å². The van der Waals surface area contributed by atoms with E-state index < -0.39 is 28.5 Å². The van der Waals surface area contributed by atoms with Gasteiger partial charge < -0.3 is 24.4 Å². The highest BCUT2D eigenvalue weighted by molar-refractivity contribution is 7.92. The Balaban J connectivity index is 2.01. The maximum atomic E-state index is 14.0. The maximum absolute atomic E-state index is 14.0. The van der Waals surface area contributed by atoms with Crippen LogP contribution in [-0.4, -0.2) is 65.6 Å². The van der Waals surface area contributed by atoms with Crippen molar-refractivity contribution in [3.63, 3.8) is 0 Å². The molecule has 2 amide bonds. The molecule has 3 aromatic rings. The molecule has 0 aliphatic rings. The Morgan fingerprint density at radius 2 is 1.55 bits per heavy atom. The van der Waals surface area contributed by atoms with E-state index in [0.717, 1.165) is 22.7 Å². The van der Waals surface area contributed by atoms with Crippen molar-refractivity contribution in [2.24, 2.45) is 0 Å². The predicted molar refractivity (Wildman–Crippen MR) is 161 cm³/mol. The summed E-state index contributed by atoms with van der Waals surface area (Å²) < 4.78 is 44.9. The Morgan fingerprint density at radius 3 is 2.14 bits per heavy atom. The fraction of sp³-hybridized carbons (Fsp3) is 0.355. The summed E-state index contributed by atoms with van der Waals surface area (Å²) >= 11 is 0. The fourth-order valence-electron chi connectivity index (χ4n) is 4.27. The minimum atomic E-state index is -4.25. The number of ether oxygens (including phenoxy) is 3. The smallest absolute Gasteiger partial charge is 0.264 e. The summed E-state index contributed by atoms with van der Waals surface area (Å²) in [5.74, 6) is 0.387. The number of carbonyl (C=O) groups excluding carboxylic acids is 2. The minimum Gasteiger partial charge on any atom is -0.497 e. The molecular formula is C31H39N3O7S. The quantitative estimate of drug-likeness (QED) is 0.261. The first kappa shape index (κ1) is 32.3. The van der Waals surface area contributed by atoms with E-state index in [-0.39, 0.29) is 23.1 Å². The molecule has 226 valence electrons. The third kappa shape index (κ3) is 7.94. The molecule has 0 radical (unpaired) electrons. The molecule has 0 fully saturated rings. The lowest BCUT2D eigenvalue weighted by atomic mass is 10.1.